The van der Waals surface area contributed by atoms with Crippen LogP contribution >= 0.6 is 0 Å². The topological polar surface area (TPSA) is 29.5 Å². The van der Waals surface area contributed by atoms with Crippen molar-refractivity contribution in [3.05, 3.63) is 0 Å². The normalized spacial score (nSPS) is 43.3. The Bertz CT molecular complexity index is 175. The van der Waals surface area contributed by atoms with Crippen LogP contribution in [0.4, 0.5) is 0 Å². The highest BCUT2D eigenvalue weighted by molar-refractivity contribution is 4.82. The van der Waals surface area contributed by atoms with Crippen molar-refractivity contribution in [1.82, 2.24) is 0 Å². The Kier molecular flexibility index (Phi) is 3.45. The highest BCUT2D eigenvalue weighted by Gasteiger charge is 2.31. The molecule has 2 nitrogen and oxygen atoms in total. The number of aliphatic hydroxyl groups excluding tert-OH is 1. The number of rotatable bonds is 3. The quantitative estimate of drug-likeness (QED) is 0.755. The molecule has 0 aliphatic heterocycles. The van der Waals surface area contributed by atoms with Crippen LogP contribution in [0.2, 0.25) is 0 Å². The zero-order chi connectivity index (χ0) is 9.97. The van der Waals surface area contributed by atoms with Crippen LogP contribution in [-0.2, 0) is 4.74 Å². The van der Waals surface area contributed by atoms with Gasteiger partial charge in [0.05, 0.1) is 18.3 Å². The van der Waals surface area contributed by atoms with Gasteiger partial charge in [0.25, 0.3) is 0 Å². The molecule has 2 rings (SSSR count). The van der Waals surface area contributed by atoms with E-state index in [1.54, 1.807) is 0 Å². The van der Waals surface area contributed by atoms with Crippen molar-refractivity contribution >= 4 is 0 Å². The van der Waals surface area contributed by atoms with Gasteiger partial charge >= 0.3 is 0 Å². The zero-order valence-corrected chi connectivity index (χ0v) is 9.11. The summed E-state index contributed by atoms with van der Waals surface area (Å²) in [5.41, 5.74) is 0. The van der Waals surface area contributed by atoms with Gasteiger partial charge in [0.1, 0.15) is 0 Å². The predicted octanol–water partition coefficient (Wildman–Crippen LogP) is 2.50. The molecule has 2 heteroatoms. The maximum absolute atomic E-state index is 9.17. The van der Waals surface area contributed by atoms with Crippen LogP contribution in [0.3, 0.4) is 0 Å². The third kappa shape index (κ3) is 2.48. The van der Waals surface area contributed by atoms with E-state index in [1.165, 1.54) is 32.1 Å². The second-order valence-corrected chi connectivity index (χ2v) is 4.95. The minimum Gasteiger partial charge on any atom is -0.393 e. The van der Waals surface area contributed by atoms with Crippen molar-refractivity contribution in [1.29, 1.82) is 0 Å². The molecular weight excluding hydrogens is 176 g/mol. The van der Waals surface area contributed by atoms with Gasteiger partial charge in [0.2, 0.25) is 0 Å². The summed E-state index contributed by atoms with van der Waals surface area (Å²) in [6, 6.07) is 0. The summed E-state index contributed by atoms with van der Waals surface area (Å²) < 4.78 is 5.97. The first kappa shape index (κ1) is 10.4. The van der Waals surface area contributed by atoms with E-state index >= 15 is 0 Å². The zero-order valence-electron chi connectivity index (χ0n) is 9.11. The molecule has 14 heavy (non-hydrogen) atoms. The largest absolute Gasteiger partial charge is 0.393 e. The molecule has 2 aliphatic rings. The SMILES string of the molecule is CCC1CCCC(OC2CC(O)C2)C1. The molecule has 0 aromatic rings. The van der Waals surface area contributed by atoms with Gasteiger partial charge in [-0.2, -0.15) is 0 Å². The molecule has 0 saturated heterocycles. The molecule has 0 spiro atoms. The van der Waals surface area contributed by atoms with E-state index in [0.29, 0.717) is 12.2 Å². The van der Waals surface area contributed by atoms with Crippen LogP contribution in [0.1, 0.15) is 51.9 Å². The lowest BCUT2D eigenvalue weighted by Gasteiger charge is -2.37. The number of aliphatic hydroxyl groups is 1. The molecule has 0 bridgehead atoms. The molecule has 0 aromatic carbocycles. The molecular formula is C12H22O2. The average molecular weight is 198 g/mol. The molecule has 2 unspecified atom stereocenters. The number of hydrogen-bond acceptors (Lipinski definition) is 2. The first-order chi connectivity index (χ1) is 6.78. The van der Waals surface area contributed by atoms with Crippen LogP contribution in [0.15, 0.2) is 0 Å². The summed E-state index contributed by atoms with van der Waals surface area (Å²) in [6.07, 6.45) is 9.03. The summed E-state index contributed by atoms with van der Waals surface area (Å²) >= 11 is 0. The standard InChI is InChI=1S/C12H22O2/c1-2-9-4-3-5-11(6-9)14-12-7-10(13)8-12/h9-13H,2-8H2,1H3. The monoisotopic (exact) mass is 198 g/mol. The Labute approximate surface area is 86.6 Å². The summed E-state index contributed by atoms with van der Waals surface area (Å²) in [5.74, 6) is 0.888. The fraction of sp³-hybridized carbons (Fsp3) is 1.00. The van der Waals surface area contributed by atoms with Gasteiger partial charge in [0, 0.05) is 0 Å². The number of ether oxygens (including phenoxy) is 1. The van der Waals surface area contributed by atoms with E-state index in [1.807, 2.05) is 0 Å². The molecule has 2 fully saturated rings. The van der Waals surface area contributed by atoms with Crippen molar-refractivity contribution < 1.29 is 9.84 Å². The molecule has 0 radical (unpaired) electrons. The Morgan fingerprint density at radius 3 is 2.57 bits per heavy atom. The van der Waals surface area contributed by atoms with E-state index in [2.05, 4.69) is 6.92 Å². The van der Waals surface area contributed by atoms with E-state index in [0.717, 1.165) is 18.8 Å². The van der Waals surface area contributed by atoms with E-state index in [9.17, 15) is 0 Å². The maximum Gasteiger partial charge on any atom is 0.0628 e. The highest BCUT2D eigenvalue weighted by Crippen LogP contribution is 2.32. The van der Waals surface area contributed by atoms with E-state index < -0.39 is 0 Å². The minimum absolute atomic E-state index is 0.0782. The van der Waals surface area contributed by atoms with Crippen molar-refractivity contribution in [3.8, 4) is 0 Å². The van der Waals surface area contributed by atoms with E-state index in [4.69, 9.17) is 9.84 Å². The molecule has 0 aromatic heterocycles. The van der Waals surface area contributed by atoms with Gasteiger partial charge in [-0.1, -0.05) is 26.2 Å². The molecule has 0 heterocycles. The summed E-state index contributed by atoms with van der Waals surface area (Å²) in [4.78, 5) is 0. The van der Waals surface area contributed by atoms with Crippen LogP contribution in [0.5, 0.6) is 0 Å². The molecule has 2 saturated carbocycles. The molecule has 2 atom stereocenters. The van der Waals surface area contributed by atoms with Crippen LogP contribution in [0.25, 0.3) is 0 Å². The van der Waals surface area contributed by atoms with Gasteiger partial charge in [-0.3, -0.25) is 0 Å². The van der Waals surface area contributed by atoms with Crippen molar-refractivity contribution in [3.63, 3.8) is 0 Å². The second-order valence-electron chi connectivity index (χ2n) is 4.95. The summed E-state index contributed by atoms with van der Waals surface area (Å²) in [7, 11) is 0. The summed E-state index contributed by atoms with van der Waals surface area (Å²) in [5, 5.41) is 9.17. The Balaban J connectivity index is 1.69. The van der Waals surface area contributed by atoms with Crippen LogP contribution < -0.4 is 0 Å². The van der Waals surface area contributed by atoms with Crippen molar-refractivity contribution in [2.75, 3.05) is 0 Å². The van der Waals surface area contributed by atoms with Gasteiger partial charge in [0.15, 0.2) is 0 Å². The first-order valence-corrected chi connectivity index (χ1v) is 6.11. The fourth-order valence-corrected chi connectivity index (χ4v) is 2.66. The summed E-state index contributed by atoms with van der Waals surface area (Å²) in [6.45, 7) is 2.28. The van der Waals surface area contributed by atoms with Gasteiger partial charge in [-0.15, -0.1) is 0 Å². The molecule has 82 valence electrons. The van der Waals surface area contributed by atoms with Crippen LogP contribution in [0, 0.1) is 5.92 Å². The predicted molar refractivity (Wildman–Crippen MR) is 56.2 cm³/mol. The highest BCUT2D eigenvalue weighted by atomic mass is 16.5. The molecule has 1 N–H and O–H groups in total. The van der Waals surface area contributed by atoms with Crippen LogP contribution in [-0.4, -0.2) is 23.4 Å². The minimum atomic E-state index is -0.0782. The second kappa shape index (κ2) is 4.63. The van der Waals surface area contributed by atoms with Gasteiger partial charge in [-0.05, 0) is 31.6 Å². The average Bonchev–Trinajstić information content (AvgIpc) is 2.16. The molecule has 0 amide bonds. The maximum atomic E-state index is 9.17. The fourth-order valence-electron chi connectivity index (χ4n) is 2.66. The van der Waals surface area contributed by atoms with Gasteiger partial charge in [-0.25, -0.2) is 0 Å². The number of hydrogen-bond donors (Lipinski definition) is 1. The lowest BCUT2D eigenvalue weighted by molar-refractivity contribution is -0.116. The molecule has 2 aliphatic carbocycles. The lowest BCUT2D eigenvalue weighted by Crippen LogP contribution is -2.39. The third-order valence-electron chi connectivity index (χ3n) is 3.77. The Hall–Kier alpha value is -0.0800. The van der Waals surface area contributed by atoms with Crippen molar-refractivity contribution in [2.45, 2.75) is 70.2 Å². The Morgan fingerprint density at radius 1 is 1.14 bits per heavy atom. The first-order valence-electron chi connectivity index (χ1n) is 6.11. The van der Waals surface area contributed by atoms with Crippen molar-refractivity contribution in [2.24, 2.45) is 5.92 Å². The lowest BCUT2D eigenvalue weighted by atomic mass is 9.84. The van der Waals surface area contributed by atoms with E-state index in [-0.39, 0.29) is 6.10 Å². The smallest absolute Gasteiger partial charge is 0.0628 e. The third-order valence-corrected chi connectivity index (χ3v) is 3.77. The van der Waals surface area contributed by atoms with Gasteiger partial charge < -0.3 is 9.84 Å². The Morgan fingerprint density at radius 2 is 1.93 bits per heavy atom.